The van der Waals surface area contributed by atoms with Crippen LogP contribution in [0.3, 0.4) is 0 Å². The fourth-order valence-corrected chi connectivity index (χ4v) is 5.79. The van der Waals surface area contributed by atoms with Crippen LogP contribution in [0.2, 0.25) is 0 Å². The van der Waals surface area contributed by atoms with Gasteiger partial charge in [0.25, 0.3) is 5.56 Å². The smallest absolute Gasteiger partial charge is 0.338 e. The summed E-state index contributed by atoms with van der Waals surface area (Å²) in [7, 11) is 1.52. The minimum absolute atomic E-state index is 0.137. The number of thiazole rings is 1. The highest BCUT2D eigenvalue weighted by atomic mass is 32.1. The molecule has 0 aliphatic carbocycles. The lowest BCUT2D eigenvalue weighted by Gasteiger charge is -2.25. The van der Waals surface area contributed by atoms with Gasteiger partial charge < -0.3 is 18.6 Å². The number of rotatable bonds is 9. The van der Waals surface area contributed by atoms with Gasteiger partial charge in [0.1, 0.15) is 11.5 Å². The number of esters is 1. The lowest BCUT2D eigenvalue weighted by Crippen LogP contribution is -2.39. The van der Waals surface area contributed by atoms with Crippen LogP contribution in [0.15, 0.2) is 74.0 Å². The van der Waals surface area contributed by atoms with Gasteiger partial charge in [0, 0.05) is 17.7 Å². The van der Waals surface area contributed by atoms with E-state index in [0.717, 1.165) is 23.5 Å². The van der Waals surface area contributed by atoms with Gasteiger partial charge in [0.2, 0.25) is 5.82 Å². The molecule has 13 heteroatoms. The summed E-state index contributed by atoms with van der Waals surface area (Å²) >= 11 is 1.11. The molecule has 3 heterocycles. The van der Waals surface area contributed by atoms with Crippen molar-refractivity contribution in [2.45, 2.75) is 26.8 Å². The molecular formula is C30H26FN3O8S. The topological polar surface area (TPSA) is 135 Å². The summed E-state index contributed by atoms with van der Waals surface area (Å²) in [5, 5.41) is 11.2. The van der Waals surface area contributed by atoms with Crippen LogP contribution in [-0.4, -0.2) is 35.8 Å². The molecule has 0 N–H and O–H groups in total. The van der Waals surface area contributed by atoms with Crippen molar-refractivity contribution in [3.05, 3.63) is 107 Å². The minimum atomic E-state index is -0.959. The molecule has 2 aromatic carbocycles. The van der Waals surface area contributed by atoms with Gasteiger partial charge in [-0.3, -0.25) is 19.5 Å². The second-order valence-corrected chi connectivity index (χ2v) is 10.3. The Labute approximate surface area is 247 Å². The first-order valence-electron chi connectivity index (χ1n) is 13.2. The monoisotopic (exact) mass is 607 g/mol. The van der Waals surface area contributed by atoms with E-state index in [9.17, 15) is 24.1 Å². The van der Waals surface area contributed by atoms with E-state index in [4.69, 9.17) is 18.6 Å². The van der Waals surface area contributed by atoms with Crippen molar-refractivity contribution in [1.29, 1.82) is 0 Å². The summed E-state index contributed by atoms with van der Waals surface area (Å²) in [5.41, 5.74) is 0.408. The van der Waals surface area contributed by atoms with Gasteiger partial charge in [-0.2, -0.15) is 4.39 Å². The molecule has 1 aliphatic rings. The van der Waals surface area contributed by atoms with Crippen molar-refractivity contribution >= 4 is 29.1 Å². The second-order valence-electron chi connectivity index (χ2n) is 9.27. The number of nitro benzene ring substituents is 1. The quantitative estimate of drug-likeness (QED) is 0.154. The van der Waals surface area contributed by atoms with Crippen molar-refractivity contribution in [1.82, 2.24) is 4.57 Å². The third kappa shape index (κ3) is 5.58. The summed E-state index contributed by atoms with van der Waals surface area (Å²) in [6.45, 7) is 5.72. The second kappa shape index (κ2) is 12.1. The van der Waals surface area contributed by atoms with Crippen LogP contribution in [0.4, 0.5) is 10.1 Å². The Morgan fingerprint density at radius 3 is 2.65 bits per heavy atom. The maximum Gasteiger partial charge on any atom is 0.338 e. The highest BCUT2D eigenvalue weighted by Crippen LogP contribution is 2.36. The molecule has 0 spiro atoms. The molecule has 0 radical (unpaired) electrons. The molecule has 43 heavy (non-hydrogen) atoms. The molecule has 0 bridgehead atoms. The molecule has 0 saturated carbocycles. The van der Waals surface area contributed by atoms with Gasteiger partial charge in [-0.15, -0.1) is 0 Å². The number of carbonyl (C=O) groups is 1. The van der Waals surface area contributed by atoms with E-state index in [1.54, 1.807) is 44.2 Å². The normalized spacial score (nSPS) is 14.7. The van der Waals surface area contributed by atoms with Crippen molar-refractivity contribution in [3.8, 4) is 22.8 Å². The Kier molecular flexibility index (Phi) is 8.26. The SMILES string of the molecule is CCOC(=O)C1=C(C)N=c2s/c(=C\c3ccc(-c4ccc(F)c([N+](=O)[O-])c4)o3)c(=O)n2[C@H]1c1ccc(OC)c(OCC)c1. The molecule has 1 atom stereocenters. The lowest BCUT2D eigenvalue weighted by molar-refractivity contribution is -0.387. The Morgan fingerprint density at radius 2 is 1.95 bits per heavy atom. The summed E-state index contributed by atoms with van der Waals surface area (Å²) in [6, 6.07) is 10.9. The van der Waals surface area contributed by atoms with Crippen LogP contribution in [0.5, 0.6) is 11.5 Å². The molecule has 0 unspecified atom stereocenters. The molecule has 0 fully saturated rings. The van der Waals surface area contributed by atoms with Crippen molar-refractivity contribution in [3.63, 3.8) is 0 Å². The number of ether oxygens (including phenoxy) is 3. The molecule has 5 rings (SSSR count). The molecule has 11 nitrogen and oxygen atoms in total. The maximum absolute atomic E-state index is 13.9. The zero-order chi connectivity index (χ0) is 30.8. The van der Waals surface area contributed by atoms with Crippen LogP contribution < -0.4 is 24.4 Å². The summed E-state index contributed by atoms with van der Waals surface area (Å²) in [4.78, 5) is 42.3. The van der Waals surface area contributed by atoms with Gasteiger partial charge in [-0.25, -0.2) is 9.79 Å². The Bertz CT molecular complexity index is 1960. The molecule has 1 aliphatic heterocycles. The summed E-state index contributed by atoms with van der Waals surface area (Å²) < 4.78 is 37.9. The maximum atomic E-state index is 13.9. The lowest BCUT2D eigenvalue weighted by atomic mass is 9.95. The number of nitro groups is 1. The van der Waals surface area contributed by atoms with Gasteiger partial charge >= 0.3 is 11.7 Å². The number of hydrogen-bond acceptors (Lipinski definition) is 10. The molecular weight excluding hydrogens is 581 g/mol. The van der Waals surface area contributed by atoms with E-state index in [-0.39, 0.29) is 28.2 Å². The average Bonchev–Trinajstić information content (AvgIpc) is 3.56. The first kappa shape index (κ1) is 29.5. The number of fused-ring (bicyclic) bond motifs is 1. The molecule has 0 saturated heterocycles. The number of benzene rings is 2. The van der Waals surface area contributed by atoms with E-state index in [2.05, 4.69) is 4.99 Å². The van der Waals surface area contributed by atoms with Crippen molar-refractivity contribution in [2.75, 3.05) is 20.3 Å². The summed E-state index contributed by atoms with van der Waals surface area (Å²) in [5.74, 6) is -0.0711. The number of hydrogen-bond donors (Lipinski definition) is 0. The van der Waals surface area contributed by atoms with Crippen molar-refractivity contribution < 1.29 is 32.7 Å². The minimum Gasteiger partial charge on any atom is -0.493 e. The Hall–Kier alpha value is -5.04. The Balaban J connectivity index is 1.63. The standard InChI is InChI=1S/C30H26FN3O8S/c1-5-40-24-14-18(8-11-23(24)39-4)27-26(29(36)41-6-2)16(3)32-30-33(27)28(35)25(43-30)15-19-9-12-22(42-19)17-7-10-20(31)21(13-17)34(37)38/h7-15,27H,5-6H2,1-4H3/b25-15-/t27-/m0/s1. The van der Waals surface area contributed by atoms with Gasteiger partial charge in [0.05, 0.1) is 47.1 Å². The Morgan fingerprint density at radius 1 is 1.16 bits per heavy atom. The fourth-order valence-electron chi connectivity index (χ4n) is 4.76. The van der Waals surface area contributed by atoms with E-state index in [1.165, 1.54) is 23.8 Å². The first-order chi connectivity index (χ1) is 20.7. The van der Waals surface area contributed by atoms with E-state index >= 15 is 0 Å². The third-order valence-electron chi connectivity index (χ3n) is 6.65. The highest BCUT2D eigenvalue weighted by molar-refractivity contribution is 7.07. The van der Waals surface area contributed by atoms with Crippen LogP contribution in [0.25, 0.3) is 17.4 Å². The number of nitrogens with zero attached hydrogens (tertiary/aromatic N) is 3. The van der Waals surface area contributed by atoms with Crippen LogP contribution in [0.1, 0.15) is 38.1 Å². The molecule has 4 aromatic rings. The van der Waals surface area contributed by atoms with Crippen LogP contribution in [0, 0.1) is 15.9 Å². The van der Waals surface area contributed by atoms with Gasteiger partial charge in [0.15, 0.2) is 16.3 Å². The molecule has 222 valence electrons. The fraction of sp³-hybridized carbons (Fsp3) is 0.233. The highest BCUT2D eigenvalue weighted by Gasteiger charge is 2.34. The largest absolute Gasteiger partial charge is 0.493 e. The van der Waals surface area contributed by atoms with Crippen LogP contribution in [-0.2, 0) is 9.53 Å². The zero-order valence-electron chi connectivity index (χ0n) is 23.6. The third-order valence-corrected chi connectivity index (χ3v) is 7.63. The van der Waals surface area contributed by atoms with Gasteiger partial charge in [-0.05, 0) is 62.7 Å². The first-order valence-corrected chi connectivity index (χ1v) is 14.0. The number of halogens is 1. The number of carbonyl (C=O) groups excluding carboxylic acids is 1. The van der Waals surface area contributed by atoms with E-state index < -0.39 is 34.0 Å². The van der Waals surface area contributed by atoms with E-state index in [1.807, 2.05) is 6.92 Å². The van der Waals surface area contributed by atoms with E-state index in [0.29, 0.717) is 39.7 Å². The number of aromatic nitrogens is 1. The average molecular weight is 608 g/mol. The number of allylic oxidation sites excluding steroid dienone is 1. The number of furan rings is 1. The number of methoxy groups -OCH3 is 1. The summed E-state index contributed by atoms with van der Waals surface area (Å²) in [6.07, 6.45) is 1.52. The zero-order valence-corrected chi connectivity index (χ0v) is 24.4. The predicted molar refractivity (Wildman–Crippen MR) is 155 cm³/mol. The van der Waals surface area contributed by atoms with Crippen LogP contribution >= 0.6 is 11.3 Å². The molecule has 2 aromatic heterocycles. The predicted octanol–water partition coefficient (Wildman–Crippen LogP) is 4.51. The van der Waals surface area contributed by atoms with Crippen molar-refractivity contribution in [2.24, 2.45) is 4.99 Å². The molecule has 0 amide bonds. The van der Waals surface area contributed by atoms with Gasteiger partial charge in [-0.1, -0.05) is 17.4 Å².